The third-order valence-electron chi connectivity index (χ3n) is 7.16. The lowest BCUT2D eigenvalue weighted by atomic mass is 9.92. The van der Waals surface area contributed by atoms with Gasteiger partial charge < -0.3 is 24.8 Å². The highest BCUT2D eigenvalue weighted by Gasteiger charge is 2.38. The van der Waals surface area contributed by atoms with Crippen LogP contribution in [0.25, 0.3) is 0 Å². The zero-order valence-electron chi connectivity index (χ0n) is 21.4. The number of carbonyl (C=O) groups is 1. The van der Waals surface area contributed by atoms with Crippen molar-refractivity contribution in [1.82, 2.24) is 15.2 Å². The van der Waals surface area contributed by atoms with E-state index in [0.717, 1.165) is 23.7 Å². The monoisotopic (exact) mass is 526 g/mol. The second-order valence-electron chi connectivity index (χ2n) is 9.78. The summed E-state index contributed by atoms with van der Waals surface area (Å²) >= 11 is 0. The molecule has 2 aliphatic heterocycles. The zero-order chi connectivity index (χ0) is 27.2. The topological polar surface area (TPSA) is 77.7 Å². The molecule has 2 N–H and O–H groups in total. The summed E-state index contributed by atoms with van der Waals surface area (Å²) in [6, 6.07) is 11.6. The Morgan fingerprint density at radius 3 is 2.11 bits per heavy atom. The Bertz CT molecular complexity index is 1390. The van der Waals surface area contributed by atoms with E-state index in [4.69, 9.17) is 4.74 Å². The van der Waals surface area contributed by atoms with Crippen LogP contribution in [0.2, 0.25) is 0 Å². The molecule has 5 rings (SSSR count). The van der Waals surface area contributed by atoms with Crippen LogP contribution >= 0.6 is 0 Å². The van der Waals surface area contributed by atoms with Gasteiger partial charge in [-0.25, -0.2) is 0 Å². The molecule has 0 unspecified atom stereocenters. The number of likely N-dealkylation sites (N-methyl/N-ethyl adjacent to an activating group) is 1. The Hall–Kier alpha value is -3.79. The number of anilines is 1. The third-order valence-corrected chi connectivity index (χ3v) is 7.16. The first-order valence-electron chi connectivity index (χ1n) is 12.6. The SMILES string of the molecule is CCN1CCN(c2cc(C(=O)NC3c4ccc(C)cc4Oc4cc(C)ccc43)c(=O)[nH]c2C(F)(F)F)CC1. The molecule has 1 aromatic heterocycles. The Morgan fingerprint density at radius 1 is 1.00 bits per heavy atom. The van der Waals surface area contributed by atoms with Crippen molar-refractivity contribution in [2.75, 3.05) is 37.6 Å². The fourth-order valence-corrected chi connectivity index (χ4v) is 5.05. The van der Waals surface area contributed by atoms with Gasteiger partial charge in [-0.15, -0.1) is 0 Å². The molecule has 0 aliphatic carbocycles. The van der Waals surface area contributed by atoms with Gasteiger partial charge in [-0.1, -0.05) is 31.2 Å². The van der Waals surface area contributed by atoms with E-state index in [-0.39, 0.29) is 11.3 Å². The van der Waals surface area contributed by atoms with E-state index in [2.05, 4.69) is 10.2 Å². The fraction of sp³-hybridized carbons (Fsp3) is 0.357. The maximum atomic E-state index is 13.9. The van der Waals surface area contributed by atoms with Crippen LogP contribution in [0, 0.1) is 13.8 Å². The van der Waals surface area contributed by atoms with Gasteiger partial charge in [0.05, 0.1) is 11.7 Å². The summed E-state index contributed by atoms with van der Waals surface area (Å²) in [5.41, 5.74) is 0.521. The first-order valence-corrected chi connectivity index (χ1v) is 12.6. The number of nitrogens with one attached hydrogen (secondary N) is 2. The highest BCUT2D eigenvalue weighted by Crippen LogP contribution is 2.43. The summed E-state index contributed by atoms with van der Waals surface area (Å²) in [7, 11) is 0. The number of pyridine rings is 1. The second kappa shape index (κ2) is 9.83. The number of ether oxygens (including phenoxy) is 1. The van der Waals surface area contributed by atoms with Gasteiger partial charge in [-0.05, 0) is 49.7 Å². The molecule has 0 radical (unpaired) electrons. The number of halogens is 3. The maximum Gasteiger partial charge on any atom is 0.433 e. The lowest BCUT2D eigenvalue weighted by molar-refractivity contribution is -0.140. The lowest BCUT2D eigenvalue weighted by Crippen LogP contribution is -2.47. The number of fused-ring (bicyclic) bond motifs is 2. The molecule has 7 nitrogen and oxygen atoms in total. The van der Waals surface area contributed by atoms with Crippen LogP contribution < -0.4 is 20.5 Å². The van der Waals surface area contributed by atoms with Crippen LogP contribution in [-0.2, 0) is 6.18 Å². The fourth-order valence-electron chi connectivity index (χ4n) is 5.05. The number of alkyl halides is 3. The number of aromatic amines is 1. The third kappa shape index (κ3) is 4.88. The number of aryl methyl sites for hydroxylation is 2. The number of H-pyrrole nitrogens is 1. The van der Waals surface area contributed by atoms with E-state index in [9.17, 15) is 22.8 Å². The van der Waals surface area contributed by atoms with Gasteiger partial charge in [0.2, 0.25) is 0 Å². The summed E-state index contributed by atoms with van der Waals surface area (Å²) in [4.78, 5) is 32.0. The summed E-state index contributed by atoms with van der Waals surface area (Å²) in [6.07, 6.45) is -4.78. The van der Waals surface area contributed by atoms with E-state index in [0.29, 0.717) is 48.8 Å². The maximum absolute atomic E-state index is 13.9. The van der Waals surface area contributed by atoms with Gasteiger partial charge in [-0.3, -0.25) is 9.59 Å². The van der Waals surface area contributed by atoms with E-state index in [1.807, 2.05) is 62.2 Å². The average molecular weight is 527 g/mol. The largest absolute Gasteiger partial charge is 0.457 e. The molecule has 2 aliphatic rings. The summed E-state index contributed by atoms with van der Waals surface area (Å²) in [5.74, 6) is 0.381. The van der Waals surface area contributed by atoms with E-state index >= 15 is 0 Å². The van der Waals surface area contributed by atoms with Crippen LogP contribution in [0.15, 0.2) is 47.3 Å². The molecular weight excluding hydrogens is 497 g/mol. The summed E-state index contributed by atoms with van der Waals surface area (Å²) < 4.78 is 47.8. The van der Waals surface area contributed by atoms with Crippen molar-refractivity contribution in [3.05, 3.63) is 86.3 Å². The molecular formula is C28H29F3N4O3. The summed E-state index contributed by atoms with van der Waals surface area (Å²) in [6.45, 7) is 8.51. The highest BCUT2D eigenvalue weighted by atomic mass is 19.4. The minimum absolute atomic E-state index is 0.197. The number of amides is 1. The normalized spacial score (nSPS) is 16.0. The number of hydrogen-bond acceptors (Lipinski definition) is 5. The average Bonchev–Trinajstić information content (AvgIpc) is 2.87. The zero-order valence-corrected chi connectivity index (χ0v) is 21.4. The Balaban J connectivity index is 1.53. The van der Waals surface area contributed by atoms with Crippen LogP contribution in [0.4, 0.5) is 18.9 Å². The van der Waals surface area contributed by atoms with E-state index in [1.54, 1.807) is 4.90 Å². The molecule has 200 valence electrons. The number of aromatic nitrogens is 1. The molecule has 2 aromatic carbocycles. The predicted octanol–water partition coefficient (Wildman–Crippen LogP) is 4.78. The van der Waals surface area contributed by atoms with Crippen LogP contribution in [0.5, 0.6) is 11.5 Å². The number of rotatable bonds is 4. The molecule has 1 fully saturated rings. The number of piperazine rings is 1. The second-order valence-corrected chi connectivity index (χ2v) is 9.78. The Kier molecular flexibility index (Phi) is 6.68. The molecule has 3 aromatic rings. The van der Waals surface area contributed by atoms with Gasteiger partial charge in [-0.2, -0.15) is 13.2 Å². The van der Waals surface area contributed by atoms with Crippen molar-refractivity contribution in [3.8, 4) is 11.5 Å². The van der Waals surface area contributed by atoms with Crippen molar-refractivity contribution in [2.24, 2.45) is 0 Å². The van der Waals surface area contributed by atoms with Crippen molar-refractivity contribution < 1.29 is 22.7 Å². The molecule has 10 heteroatoms. The number of hydrogen-bond donors (Lipinski definition) is 2. The first-order chi connectivity index (χ1) is 18.0. The lowest BCUT2D eigenvalue weighted by Gasteiger charge is -2.36. The molecule has 0 spiro atoms. The molecule has 3 heterocycles. The van der Waals surface area contributed by atoms with Crippen molar-refractivity contribution in [1.29, 1.82) is 0 Å². The van der Waals surface area contributed by atoms with Gasteiger partial charge in [0.1, 0.15) is 22.8 Å². The van der Waals surface area contributed by atoms with Gasteiger partial charge in [0.15, 0.2) is 0 Å². The van der Waals surface area contributed by atoms with Crippen LogP contribution in [0.3, 0.4) is 0 Å². The van der Waals surface area contributed by atoms with Crippen molar-refractivity contribution in [2.45, 2.75) is 33.0 Å². The molecule has 0 atom stereocenters. The van der Waals surface area contributed by atoms with Crippen LogP contribution in [0.1, 0.15) is 51.3 Å². The minimum Gasteiger partial charge on any atom is -0.457 e. The highest BCUT2D eigenvalue weighted by molar-refractivity contribution is 5.95. The van der Waals surface area contributed by atoms with Crippen LogP contribution in [-0.4, -0.2) is 48.5 Å². The predicted molar refractivity (Wildman–Crippen MR) is 138 cm³/mol. The Morgan fingerprint density at radius 2 is 1.58 bits per heavy atom. The van der Waals surface area contributed by atoms with E-state index < -0.39 is 29.4 Å². The van der Waals surface area contributed by atoms with Gasteiger partial charge in [0.25, 0.3) is 11.5 Å². The standard InChI is InChI=1S/C28H29F3N4O3/c1-4-34-9-11-35(12-10-34)21-15-20(27(37)33-25(21)28(29,30)31)26(36)32-24-18-7-5-16(2)13-22(18)38-23-14-17(3)6-8-19(23)24/h5-8,13-15,24H,4,9-12H2,1-3H3,(H,32,36)(H,33,37). The van der Waals surface area contributed by atoms with Gasteiger partial charge >= 0.3 is 6.18 Å². The Labute approximate surface area is 218 Å². The van der Waals surface area contributed by atoms with Gasteiger partial charge in [0, 0.05) is 37.3 Å². The molecule has 0 saturated carbocycles. The molecule has 1 amide bonds. The summed E-state index contributed by atoms with van der Waals surface area (Å²) in [5, 5.41) is 2.88. The van der Waals surface area contributed by atoms with E-state index in [1.165, 1.54) is 0 Å². The number of benzene rings is 2. The number of carbonyl (C=O) groups excluding carboxylic acids is 1. The quantitative estimate of drug-likeness (QED) is 0.512. The molecule has 1 saturated heterocycles. The smallest absolute Gasteiger partial charge is 0.433 e. The minimum atomic E-state index is -4.78. The molecule has 0 bridgehead atoms. The molecule has 38 heavy (non-hydrogen) atoms. The number of nitrogens with zero attached hydrogens (tertiary/aromatic N) is 2. The van der Waals surface area contributed by atoms with Crippen molar-refractivity contribution in [3.63, 3.8) is 0 Å². The van der Waals surface area contributed by atoms with Crippen molar-refractivity contribution >= 4 is 11.6 Å². The first kappa shape index (κ1) is 25.8.